The lowest BCUT2D eigenvalue weighted by molar-refractivity contribution is 0.669. The lowest BCUT2D eigenvalue weighted by atomic mass is 9.97. The summed E-state index contributed by atoms with van der Waals surface area (Å²) in [5.74, 6) is 0. The van der Waals surface area contributed by atoms with Gasteiger partial charge in [-0.2, -0.15) is 0 Å². The Morgan fingerprint density at radius 1 is 0.320 bits per heavy atom. The highest BCUT2D eigenvalue weighted by Crippen LogP contribution is 2.39. The first-order valence-corrected chi connectivity index (χ1v) is 17.1. The Kier molecular flexibility index (Phi) is 6.53. The van der Waals surface area contributed by atoms with E-state index in [2.05, 4.69) is 180 Å². The number of benzene rings is 8. The lowest BCUT2D eigenvalue weighted by Gasteiger charge is -2.12. The quantitative estimate of drug-likeness (QED) is 0.184. The first-order valence-electron chi connectivity index (χ1n) is 17.1. The van der Waals surface area contributed by atoms with E-state index in [0.717, 1.165) is 27.6 Å². The summed E-state index contributed by atoms with van der Waals surface area (Å²) in [6.07, 6.45) is 0. The van der Waals surface area contributed by atoms with E-state index in [-0.39, 0.29) is 0 Å². The second-order valence-electron chi connectivity index (χ2n) is 12.9. The zero-order valence-corrected chi connectivity index (χ0v) is 27.3. The van der Waals surface area contributed by atoms with Crippen molar-refractivity contribution in [3.05, 3.63) is 188 Å². The fraction of sp³-hybridized carbons (Fsp3) is 0. The molecule has 0 bridgehead atoms. The molecule has 8 aromatic carbocycles. The highest BCUT2D eigenvalue weighted by Gasteiger charge is 2.16. The Balaban J connectivity index is 1.07. The zero-order chi connectivity index (χ0) is 33.0. The molecule has 2 aromatic heterocycles. The average molecular weight is 638 g/mol. The van der Waals surface area contributed by atoms with Gasteiger partial charge in [0.15, 0.2) is 0 Å². The smallest absolute Gasteiger partial charge is 0.136 e. The average Bonchev–Trinajstić information content (AvgIpc) is 3.74. The van der Waals surface area contributed by atoms with Gasteiger partial charge in [0.2, 0.25) is 0 Å². The number of fused-ring (bicyclic) bond motifs is 6. The van der Waals surface area contributed by atoms with Crippen LogP contribution in [0.2, 0.25) is 0 Å². The second kappa shape index (κ2) is 11.5. The molecule has 0 aliphatic heterocycles. The number of furan rings is 1. The monoisotopic (exact) mass is 637 g/mol. The summed E-state index contributed by atoms with van der Waals surface area (Å²) in [5, 5.41) is 4.81. The van der Waals surface area contributed by atoms with Crippen molar-refractivity contribution in [3.63, 3.8) is 0 Å². The van der Waals surface area contributed by atoms with Crippen LogP contribution in [0.15, 0.2) is 192 Å². The lowest BCUT2D eigenvalue weighted by Crippen LogP contribution is -1.94. The van der Waals surface area contributed by atoms with Gasteiger partial charge in [-0.1, -0.05) is 152 Å². The molecule has 0 amide bonds. The third kappa shape index (κ3) is 4.65. The Hall–Kier alpha value is -6.64. The van der Waals surface area contributed by atoms with Crippen molar-refractivity contribution in [2.45, 2.75) is 0 Å². The zero-order valence-electron chi connectivity index (χ0n) is 27.3. The molecule has 2 nitrogen and oxygen atoms in total. The fourth-order valence-electron chi connectivity index (χ4n) is 7.58. The molecule has 10 aromatic rings. The van der Waals surface area contributed by atoms with Gasteiger partial charge < -0.3 is 8.98 Å². The maximum atomic E-state index is 6.16. The predicted octanol–water partition coefficient (Wildman–Crippen LogP) is 13.4. The van der Waals surface area contributed by atoms with E-state index in [1.165, 1.54) is 66.3 Å². The molecule has 0 unspecified atom stereocenters. The summed E-state index contributed by atoms with van der Waals surface area (Å²) in [4.78, 5) is 0. The number of hydrogen-bond donors (Lipinski definition) is 0. The molecule has 0 fully saturated rings. The normalized spacial score (nSPS) is 11.6. The number of rotatable bonds is 5. The van der Waals surface area contributed by atoms with Crippen molar-refractivity contribution in [1.29, 1.82) is 0 Å². The number of hydrogen-bond acceptors (Lipinski definition) is 1. The molecular formula is C48H31NO. The van der Waals surface area contributed by atoms with Crippen LogP contribution in [0.1, 0.15) is 0 Å². The van der Waals surface area contributed by atoms with E-state index in [1.807, 2.05) is 12.1 Å². The van der Waals surface area contributed by atoms with Gasteiger partial charge in [-0.05, 0) is 80.9 Å². The van der Waals surface area contributed by atoms with Gasteiger partial charge in [-0.3, -0.25) is 0 Å². The largest absolute Gasteiger partial charge is 0.456 e. The predicted molar refractivity (Wildman–Crippen MR) is 210 cm³/mol. The summed E-state index contributed by atoms with van der Waals surface area (Å²) in [7, 11) is 0. The van der Waals surface area contributed by atoms with E-state index in [4.69, 9.17) is 4.42 Å². The summed E-state index contributed by atoms with van der Waals surface area (Å²) >= 11 is 0. The van der Waals surface area contributed by atoms with Crippen molar-refractivity contribution in [1.82, 2.24) is 4.57 Å². The highest BCUT2D eigenvalue weighted by atomic mass is 16.3. The van der Waals surface area contributed by atoms with Crippen LogP contribution < -0.4 is 0 Å². The molecule has 0 radical (unpaired) electrons. The molecule has 0 atom stereocenters. The van der Waals surface area contributed by atoms with Crippen molar-refractivity contribution >= 4 is 43.7 Å². The highest BCUT2D eigenvalue weighted by molar-refractivity contribution is 6.13. The van der Waals surface area contributed by atoms with Crippen LogP contribution in [-0.2, 0) is 0 Å². The van der Waals surface area contributed by atoms with Crippen molar-refractivity contribution in [2.24, 2.45) is 0 Å². The van der Waals surface area contributed by atoms with E-state index in [9.17, 15) is 0 Å². The molecule has 0 aliphatic carbocycles. The van der Waals surface area contributed by atoms with Crippen LogP contribution in [0.4, 0.5) is 0 Å². The number of nitrogens with zero attached hydrogens (tertiary/aromatic N) is 1. The van der Waals surface area contributed by atoms with Gasteiger partial charge in [-0.25, -0.2) is 0 Å². The molecule has 0 saturated carbocycles. The maximum absolute atomic E-state index is 6.16. The molecule has 2 heterocycles. The third-order valence-electron chi connectivity index (χ3n) is 10.0. The van der Waals surface area contributed by atoms with E-state index >= 15 is 0 Å². The van der Waals surface area contributed by atoms with Crippen LogP contribution in [0.25, 0.3) is 93.9 Å². The topological polar surface area (TPSA) is 18.1 Å². The van der Waals surface area contributed by atoms with Crippen LogP contribution in [0.3, 0.4) is 0 Å². The van der Waals surface area contributed by atoms with E-state index in [1.54, 1.807) is 0 Å². The molecule has 0 aliphatic rings. The van der Waals surface area contributed by atoms with Gasteiger partial charge in [0.25, 0.3) is 0 Å². The standard InChI is InChI=1S/C48H31NO/c1-3-10-32(11-4-1)37-24-28-41-42-29-25-38(33-12-5-2-6-13-33)31-45(42)49(44(41)30-37)39-26-22-35(23-27-39)34-18-20-36(21-19-34)40-15-9-17-47-48(40)43-14-7-8-16-46(43)50-47/h1-31H. The SMILES string of the molecule is c1ccc(-c2ccc3c4ccc(-c5ccccc5)cc4n(-c4ccc(-c5ccc(-c6cccc7oc8ccccc8c67)cc5)cc4)c3c2)cc1. The summed E-state index contributed by atoms with van der Waals surface area (Å²) in [5.41, 5.74) is 15.0. The van der Waals surface area contributed by atoms with E-state index in [0.29, 0.717) is 0 Å². The summed E-state index contributed by atoms with van der Waals surface area (Å²) in [6, 6.07) is 67.5. The molecule has 234 valence electrons. The Morgan fingerprint density at radius 2 is 0.800 bits per heavy atom. The summed E-state index contributed by atoms with van der Waals surface area (Å²) < 4.78 is 8.58. The Bertz CT molecular complexity index is 2730. The van der Waals surface area contributed by atoms with Crippen molar-refractivity contribution in [3.8, 4) is 50.2 Å². The molecule has 0 saturated heterocycles. The first kappa shape index (κ1) is 28.4. The van der Waals surface area contributed by atoms with Gasteiger partial charge in [0.1, 0.15) is 11.2 Å². The van der Waals surface area contributed by atoms with Crippen LogP contribution >= 0.6 is 0 Å². The molecule has 2 heteroatoms. The van der Waals surface area contributed by atoms with Crippen LogP contribution in [0.5, 0.6) is 0 Å². The minimum Gasteiger partial charge on any atom is -0.456 e. The van der Waals surface area contributed by atoms with Crippen LogP contribution in [-0.4, -0.2) is 4.57 Å². The third-order valence-corrected chi connectivity index (χ3v) is 10.0. The maximum Gasteiger partial charge on any atom is 0.136 e. The minimum absolute atomic E-state index is 0.917. The van der Waals surface area contributed by atoms with Crippen molar-refractivity contribution < 1.29 is 4.42 Å². The Labute approximate surface area is 290 Å². The number of aromatic nitrogens is 1. The second-order valence-corrected chi connectivity index (χ2v) is 12.9. The van der Waals surface area contributed by atoms with Gasteiger partial charge in [0.05, 0.1) is 11.0 Å². The van der Waals surface area contributed by atoms with Crippen LogP contribution in [0, 0.1) is 0 Å². The molecular weight excluding hydrogens is 607 g/mol. The van der Waals surface area contributed by atoms with Gasteiger partial charge in [-0.15, -0.1) is 0 Å². The molecule has 10 rings (SSSR count). The van der Waals surface area contributed by atoms with Gasteiger partial charge >= 0.3 is 0 Å². The molecule has 0 spiro atoms. The van der Waals surface area contributed by atoms with Crippen molar-refractivity contribution in [2.75, 3.05) is 0 Å². The molecule has 50 heavy (non-hydrogen) atoms. The molecule has 0 N–H and O–H groups in total. The number of para-hydroxylation sites is 1. The fourth-order valence-corrected chi connectivity index (χ4v) is 7.58. The Morgan fingerprint density at radius 3 is 1.42 bits per heavy atom. The summed E-state index contributed by atoms with van der Waals surface area (Å²) in [6.45, 7) is 0. The van der Waals surface area contributed by atoms with Gasteiger partial charge in [0, 0.05) is 27.2 Å². The first-order chi connectivity index (χ1) is 24.8. The van der Waals surface area contributed by atoms with E-state index < -0.39 is 0 Å². The minimum atomic E-state index is 0.917.